The van der Waals surface area contributed by atoms with Crippen LogP contribution in [-0.4, -0.2) is 12.9 Å². The highest BCUT2D eigenvalue weighted by Gasteiger charge is 2.02. The maximum absolute atomic E-state index is 13.2. The van der Waals surface area contributed by atoms with Gasteiger partial charge in [0.25, 0.3) is 0 Å². The average Bonchev–Trinajstić information content (AvgIpc) is 2.15. The van der Waals surface area contributed by atoms with Crippen molar-refractivity contribution in [2.75, 3.05) is 12.9 Å². The van der Waals surface area contributed by atoms with E-state index in [2.05, 4.69) is 0 Å². The SMILES string of the molecule is CCCOc1ccc(SC)c(F)c1. The van der Waals surface area contributed by atoms with Gasteiger partial charge in [-0.25, -0.2) is 4.39 Å². The molecular weight excluding hydrogens is 187 g/mol. The molecule has 0 heterocycles. The van der Waals surface area contributed by atoms with Gasteiger partial charge in [-0.3, -0.25) is 0 Å². The van der Waals surface area contributed by atoms with Crippen LogP contribution in [0.15, 0.2) is 23.1 Å². The third-order valence-electron chi connectivity index (χ3n) is 1.60. The molecule has 3 heteroatoms. The van der Waals surface area contributed by atoms with Crippen LogP contribution in [-0.2, 0) is 0 Å². The molecule has 1 rings (SSSR count). The molecule has 72 valence electrons. The third kappa shape index (κ3) is 2.92. The molecule has 0 radical (unpaired) electrons. The molecule has 0 aliphatic heterocycles. The van der Waals surface area contributed by atoms with Gasteiger partial charge in [0.15, 0.2) is 0 Å². The minimum atomic E-state index is -0.207. The molecule has 0 saturated carbocycles. The smallest absolute Gasteiger partial charge is 0.140 e. The highest BCUT2D eigenvalue weighted by atomic mass is 32.2. The van der Waals surface area contributed by atoms with Crippen molar-refractivity contribution >= 4 is 11.8 Å². The van der Waals surface area contributed by atoms with Crippen LogP contribution in [0.5, 0.6) is 5.75 Å². The summed E-state index contributed by atoms with van der Waals surface area (Å²) in [6.45, 7) is 2.66. The predicted molar refractivity (Wildman–Crippen MR) is 54.0 cm³/mol. The Labute approximate surface area is 82.3 Å². The molecule has 0 fully saturated rings. The van der Waals surface area contributed by atoms with Crippen molar-refractivity contribution in [3.8, 4) is 5.75 Å². The fourth-order valence-corrected chi connectivity index (χ4v) is 1.41. The van der Waals surface area contributed by atoms with Crippen molar-refractivity contribution in [1.29, 1.82) is 0 Å². The first-order chi connectivity index (χ1) is 6.27. The lowest BCUT2D eigenvalue weighted by Crippen LogP contribution is -1.95. The monoisotopic (exact) mass is 200 g/mol. The number of benzene rings is 1. The van der Waals surface area contributed by atoms with E-state index in [-0.39, 0.29) is 5.82 Å². The first-order valence-corrected chi connectivity index (χ1v) is 5.46. The zero-order valence-corrected chi connectivity index (χ0v) is 8.66. The molecule has 0 saturated heterocycles. The van der Waals surface area contributed by atoms with Gasteiger partial charge in [0.05, 0.1) is 6.61 Å². The maximum atomic E-state index is 13.2. The predicted octanol–water partition coefficient (Wildman–Crippen LogP) is 3.34. The number of hydrogen-bond donors (Lipinski definition) is 0. The Hall–Kier alpha value is -0.700. The van der Waals surface area contributed by atoms with Crippen LogP contribution in [0.2, 0.25) is 0 Å². The summed E-state index contributed by atoms with van der Waals surface area (Å²) >= 11 is 1.40. The number of ether oxygens (including phenoxy) is 1. The summed E-state index contributed by atoms with van der Waals surface area (Å²) < 4.78 is 18.5. The van der Waals surface area contributed by atoms with Crippen molar-refractivity contribution in [3.05, 3.63) is 24.0 Å². The van der Waals surface area contributed by atoms with E-state index in [4.69, 9.17) is 4.74 Å². The van der Waals surface area contributed by atoms with E-state index in [1.54, 1.807) is 12.1 Å². The van der Waals surface area contributed by atoms with E-state index in [0.29, 0.717) is 17.3 Å². The lowest BCUT2D eigenvalue weighted by molar-refractivity contribution is 0.315. The number of hydrogen-bond acceptors (Lipinski definition) is 2. The minimum Gasteiger partial charge on any atom is -0.494 e. The summed E-state index contributed by atoms with van der Waals surface area (Å²) in [7, 11) is 0. The van der Waals surface area contributed by atoms with Gasteiger partial charge in [-0.05, 0) is 24.8 Å². The minimum absolute atomic E-state index is 0.207. The van der Waals surface area contributed by atoms with Gasteiger partial charge in [-0.1, -0.05) is 6.92 Å². The van der Waals surface area contributed by atoms with Crippen LogP contribution in [0, 0.1) is 5.82 Å². The van der Waals surface area contributed by atoms with Gasteiger partial charge in [-0.2, -0.15) is 0 Å². The molecular formula is C10H13FOS. The molecule has 1 nitrogen and oxygen atoms in total. The van der Waals surface area contributed by atoms with E-state index in [9.17, 15) is 4.39 Å². The summed E-state index contributed by atoms with van der Waals surface area (Å²) in [5.74, 6) is 0.401. The lowest BCUT2D eigenvalue weighted by atomic mass is 10.3. The van der Waals surface area contributed by atoms with Crippen molar-refractivity contribution in [3.63, 3.8) is 0 Å². The highest BCUT2D eigenvalue weighted by molar-refractivity contribution is 7.98. The molecule has 0 atom stereocenters. The second kappa shape index (κ2) is 5.12. The Morgan fingerprint density at radius 2 is 2.23 bits per heavy atom. The topological polar surface area (TPSA) is 9.23 Å². The van der Waals surface area contributed by atoms with Gasteiger partial charge in [-0.15, -0.1) is 11.8 Å². The maximum Gasteiger partial charge on any atom is 0.140 e. The molecule has 0 N–H and O–H groups in total. The zero-order valence-electron chi connectivity index (χ0n) is 7.84. The number of thioether (sulfide) groups is 1. The summed E-state index contributed by atoms with van der Waals surface area (Å²) in [6, 6.07) is 4.97. The Bertz CT molecular complexity index is 276. The van der Waals surface area contributed by atoms with Gasteiger partial charge in [0.2, 0.25) is 0 Å². The van der Waals surface area contributed by atoms with Crippen LogP contribution in [0.25, 0.3) is 0 Å². The molecule has 0 spiro atoms. The summed E-state index contributed by atoms with van der Waals surface area (Å²) in [5, 5.41) is 0. The fraction of sp³-hybridized carbons (Fsp3) is 0.400. The van der Waals surface area contributed by atoms with Crippen molar-refractivity contribution in [1.82, 2.24) is 0 Å². The molecule has 0 unspecified atom stereocenters. The Morgan fingerprint density at radius 1 is 1.46 bits per heavy atom. The third-order valence-corrected chi connectivity index (χ3v) is 2.37. The van der Waals surface area contributed by atoms with Gasteiger partial charge in [0, 0.05) is 11.0 Å². The van der Waals surface area contributed by atoms with Gasteiger partial charge >= 0.3 is 0 Å². The molecule has 0 aromatic heterocycles. The highest BCUT2D eigenvalue weighted by Crippen LogP contribution is 2.23. The van der Waals surface area contributed by atoms with Crippen LogP contribution < -0.4 is 4.74 Å². The molecule has 0 amide bonds. The van der Waals surface area contributed by atoms with Crippen molar-refractivity contribution in [2.24, 2.45) is 0 Å². The van der Waals surface area contributed by atoms with Crippen LogP contribution >= 0.6 is 11.8 Å². The van der Waals surface area contributed by atoms with Crippen molar-refractivity contribution < 1.29 is 9.13 Å². The second-order valence-corrected chi connectivity index (χ2v) is 3.49. The molecule has 1 aromatic rings. The van der Waals surface area contributed by atoms with E-state index in [1.807, 2.05) is 13.2 Å². The van der Waals surface area contributed by atoms with Gasteiger partial charge in [0.1, 0.15) is 11.6 Å². The lowest BCUT2D eigenvalue weighted by Gasteiger charge is -2.05. The Morgan fingerprint density at radius 3 is 2.77 bits per heavy atom. The number of rotatable bonds is 4. The van der Waals surface area contributed by atoms with E-state index < -0.39 is 0 Å². The van der Waals surface area contributed by atoms with E-state index >= 15 is 0 Å². The van der Waals surface area contributed by atoms with Gasteiger partial charge < -0.3 is 4.74 Å². The van der Waals surface area contributed by atoms with Crippen molar-refractivity contribution in [2.45, 2.75) is 18.2 Å². The normalized spacial score (nSPS) is 10.1. The van der Waals surface area contributed by atoms with E-state index in [1.165, 1.54) is 17.8 Å². The average molecular weight is 200 g/mol. The summed E-state index contributed by atoms with van der Waals surface area (Å²) in [6.07, 6.45) is 2.79. The molecule has 0 aliphatic rings. The Balaban J connectivity index is 2.71. The zero-order chi connectivity index (χ0) is 9.68. The fourth-order valence-electron chi connectivity index (χ4n) is 0.957. The van der Waals surface area contributed by atoms with Crippen LogP contribution in [0.4, 0.5) is 4.39 Å². The summed E-state index contributed by atoms with van der Waals surface area (Å²) in [4.78, 5) is 0.656. The quantitative estimate of drug-likeness (QED) is 0.689. The summed E-state index contributed by atoms with van der Waals surface area (Å²) in [5.41, 5.74) is 0. The first kappa shape index (κ1) is 10.4. The molecule has 0 bridgehead atoms. The Kier molecular flexibility index (Phi) is 4.09. The van der Waals surface area contributed by atoms with E-state index in [0.717, 1.165) is 6.42 Å². The standard InChI is InChI=1S/C10H13FOS/c1-3-6-12-8-4-5-10(13-2)9(11)7-8/h4-5,7H,3,6H2,1-2H3. The van der Waals surface area contributed by atoms with Crippen LogP contribution in [0.1, 0.15) is 13.3 Å². The van der Waals surface area contributed by atoms with Crippen LogP contribution in [0.3, 0.4) is 0 Å². The molecule has 0 aliphatic carbocycles. The number of halogens is 1. The largest absolute Gasteiger partial charge is 0.494 e. The second-order valence-electron chi connectivity index (χ2n) is 2.64. The molecule has 1 aromatic carbocycles. The first-order valence-electron chi connectivity index (χ1n) is 4.24. The molecule has 13 heavy (non-hydrogen) atoms.